The molecule has 1 aliphatic carbocycles. The number of carbonyl (C=O) groups excluding carboxylic acids is 1. The van der Waals surface area contributed by atoms with Gasteiger partial charge in [-0.25, -0.2) is 0 Å². The molecule has 3 N–H and O–H groups in total. The molecule has 1 heterocycles. The number of nitrogens with two attached hydrogens (primary N) is 1. The summed E-state index contributed by atoms with van der Waals surface area (Å²) in [5.41, 5.74) is 6.46. The van der Waals surface area contributed by atoms with Crippen molar-refractivity contribution in [3.8, 4) is 0 Å². The summed E-state index contributed by atoms with van der Waals surface area (Å²) < 4.78 is 0. The molecular weight excluding hydrogens is 261 g/mol. The van der Waals surface area contributed by atoms with Crippen LogP contribution in [-0.4, -0.2) is 23.5 Å². The molecule has 4 nitrogen and oxygen atoms in total. The van der Waals surface area contributed by atoms with E-state index < -0.39 is 0 Å². The summed E-state index contributed by atoms with van der Waals surface area (Å²) >= 11 is 0. The highest BCUT2D eigenvalue weighted by atomic mass is 35.5. The molecule has 1 amide bonds. The second-order valence-electron chi connectivity index (χ2n) is 3.95. The van der Waals surface area contributed by atoms with Crippen molar-refractivity contribution >= 4 is 30.7 Å². The molecule has 0 bridgehead atoms. The number of halogens is 2. The van der Waals surface area contributed by atoms with Crippen molar-refractivity contribution in [2.24, 2.45) is 11.7 Å². The van der Waals surface area contributed by atoms with Crippen molar-refractivity contribution in [2.45, 2.75) is 18.9 Å². The van der Waals surface area contributed by atoms with Crippen LogP contribution in [0.25, 0.3) is 0 Å². The first-order valence-corrected chi connectivity index (χ1v) is 5.21. The highest BCUT2D eigenvalue weighted by Gasteiger charge is 2.28. The summed E-state index contributed by atoms with van der Waals surface area (Å²) in [5, 5.41) is 2.82. The Bertz CT molecular complexity index is 344. The molecule has 1 aromatic rings. The zero-order valence-corrected chi connectivity index (χ0v) is 11.0. The van der Waals surface area contributed by atoms with Gasteiger partial charge in [0, 0.05) is 25.0 Å². The second kappa shape index (κ2) is 7.48. The van der Waals surface area contributed by atoms with E-state index in [9.17, 15) is 4.79 Å². The fourth-order valence-corrected chi connectivity index (χ4v) is 1.50. The molecular formula is C11H17Cl2N3O. The van der Waals surface area contributed by atoms with Crippen molar-refractivity contribution in [3.63, 3.8) is 0 Å². The zero-order valence-electron chi connectivity index (χ0n) is 9.33. The summed E-state index contributed by atoms with van der Waals surface area (Å²) in [5.74, 6) is 0.512. The third-order valence-corrected chi connectivity index (χ3v) is 2.65. The summed E-state index contributed by atoms with van der Waals surface area (Å²) in [7, 11) is 0. The first-order chi connectivity index (χ1) is 7.27. The van der Waals surface area contributed by atoms with Crippen LogP contribution in [0.2, 0.25) is 0 Å². The number of pyridine rings is 1. The fourth-order valence-electron chi connectivity index (χ4n) is 1.50. The van der Waals surface area contributed by atoms with Gasteiger partial charge in [0.15, 0.2) is 0 Å². The summed E-state index contributed by atoms with van der Waals surface area (Å²) in [4.78, 5) is 15.5. The van der Waals surface area contributed by atoms with Gasteiger partial charge in [0.25, 0.3) is 5.91 Å². The Hall–Kier alpha value is -0.840. The molecule has 1 atom stereocenters. The van der Waals surface area contributed by atoms with E-state index in [0.29, 0.717) is 18.0 Å². The highest BCUT2D eigenvalue weighted by molar-refractivity contribution is 5.93. The van der Waals surface area contributed by atoms with E-state index in [1.807, 2.05) is 0 Å². The summed E-state index contributed by atoms with van der Waals surface area (Å²) in [6.07, 6.45) is 5.60. The third-order valence-electron chi connectivity index (χ3n) is 2.65. The highest BCUT2D eigenvalue weighted by Crippen LogP contribution is 2.31. The predicted octanol–water partition coefficient (Wildman–Crippen LogP) is 1.39. The monoisotopic (exact) mass is 277 g/mol. The number of hydrogen-bond acceptors (Lipinski definition) is 3. The minimum atomic E-state index is -0.0980. The molecule has 2 rings (SSSR count). The molecule has 96 valence electrons. The maximum atomic E-state index is 11.6. The van der Waals surface area contributed by atoms with Gasteiger partial charge < -0.3 is 11.1 Å². The maximum Gasteiger partial charge on any atom is 0.252 e. The molecule has 1 aliphatic rings. The molecule has 1 aromatic heterocycles. The number of nitrogens with one attached hydrogen (secondary N) is 1. The summed E-state index contributed by atoms with van der Waals surface area (Å²) in [6, 6.07) is 3.59. The second-order valence-corrected chi connectivity index (χ2v) is 3.95. The van der Waals surface area contributed by atoms with Gasteiger partial charge in [-0.3, -0.25) is 9.78 Å². The number of amides is 1. The first-order valence-electron chi connectivity index (χ1n) is 5.21. The van der Waals surface area contributed by atoms with Crippen molar-refractivity contribution < 1.29 is 4.79 Å². The van der Waals surface area contributed by atoms with E-state index in [2.05, 4.69) is 10.3 Å². The fraction of sp³-hybridized carbons (Fsp3) is 0.455. The van der Waals surface area contributed by atoms with E-state index in [1.54, 1.807) is 24.5 Å². The van der Waals surface area contributed by atoms with Crippen LogP contribution < -0.4 is 11.1 Å². The number of hydrogen-bond donors (Lipinski definition) is 2. The number of aromatic nitrogens is 1. The Balaban J connectivity index is 0.00000128. The van der Waals surface area contributed by atoms with Gasteiger partial charge in [-0.05, 0) is 30.9 Å². The van der Waals surface area contributed by atoms with Gasteiger partial charge in [-0.15, -0.1) is 24.8 Å². The lowest BCUT2D eigenvalue weighted by molar-refractivity contribution is 0.0950. The quantitative estimate of drug-likeness (QED) is 0.874. The molecule has 0 radical (unpaired) electrons. The molecule has 0 aromatic carbocycles. The Morgan fingerprint density at radius 1 is 1.53 bits per heavy atom. The lowest BCUT2D eigenvalue weighted by Gasteiger charge is -2.11. The van der Waals surface area contributed by atoms with Gasteiger partial charge in [-0.2, -0.15) is 0 Å². The topological polar surface area (TPSA) is 68.0 Å². The molecule has 17 heavy (non-hydrogen) atoms. The molecule has 0 spiro atoms. The van der Waals surface area contributed by atoms with Gasteiger partial charge >= 0.3 is 0 Å². The van der Waals surface area contributed by atoms with E-state index in [0.717, 1.165) is 0 Å². The van der Waals surface area contributed by atoms with E-state index >= 15 is 0 Å². The van der Waals surface area contributed by atoms with Crippen LogP contribution in [0.1, 0.15) is 23.2 Å². The minimum absolute atomic E-state index is 0. The van der Waals surface area contributed by atoms with Crippen LogP contribution in [0.3, 0.4) is 0 Å². The number of carbonyl (C=O) groups is 1. The molecule has 1 fully saturated rings. The lowest BCUT2D eigenvalue weighted by Crippen LogP contribution is -2.38. The normalized spacial score (nSPS) is 15.1. The van der Waals surface area contributed by atoms with Crippen LogP contribution >= 0.6 is 24.8 Å². The van der Waals surface area contributed by atoms with Gasteiger partial charge in [0.05, 0.1) is 5.56 Å². The number of nitrogens with zero attached hydrogens (tertiary/aromatic N) is 1. The standard InChI is InChI=1S/C11H15N3O.2ClH/c12-10(8-3-4-8)7-14-11(15)9-2-1-5-13-6-9;;/h1-2,5-6,8,10H,3-4,7,12H2,(H,14,15);2*1H. The van der Waals surface area contributed by atoms with Crippen LogP contribution in [0.4, 0.5) is 0 Å². The Labute approximate surface area is 113 Å². The summed E-state index contributed by atoms with van der Waals surface area (Å²) in [6.45, 7) is 0.554. The largest absolute Gasteiger partial charge is 0.350 e. The van der Waals surface area contributed by atoms with Crippen molar-refractivity contribution in [2.75, 3.05) is 6.54 Å². The Morgan fingerprint density at radius 3 is 2.76 bits per heavy atom. The molecule has 1 unspecified atom stereocenters. The van der Waals surface area contributed by atoms with Gasteiger partial charge in [0.2, 0.25) is 0 Å². The van der Waals surface area contributed by atoms with Crippen molar-refractivity contribution in [1.29, 1.82) is 0 Å². The van der Waals surface area contributed by atoms with Gasteiger partial charge in [-0.1, -0.05) is 0 Å². The van der Waals surface area contributed by atoms with Crippen LogP contribution in [0, 0.1) is 5.92 Å². The van der Waals surface area contributed by atoms with Gasteiger partial charge in [0.1, 0.15) is 0 Å². The average Bonchev–Trinajstić information content (AvgIpc) is 3.10. The lowest BCUT2D eigenvalue weighted by atomic mass is 10.2. The zero-order chi connectivity index (χ0) is 10.7. The molecule has 6 heteroatoms. The van der Waals surface area contributed by atoms with E-state index in [4.69, 9.17) is 5.73 Å². The van der Waals surface area contributed by atoms with Crippen molar-refractivity contribution in [1.82, 2.24) is 10.3 Å². The van der Waals surface area contributed by atoms with E-state index in [1.165, 1.54) is 12.8 Å². The average molecular weight is 278 g/mol. The van der Waals surface area contributed by atoms with E-state index in [-0.39, 0.29) is 36.8 Å². The number of rotatable bonds is 4. The molecule has 0 saturated heterocycles. The maximum absolute atomic E-state index is 11.6. The molecule has 1 saturated carbocycles. The Morgan fingerprint density at radius 2 is 2.24 bits per heavy atom. The van der Waals surface area contributed by atoms with Crippen LogP contribution in [-0.2, 0) is 0 Å². The van der Waals surface area contributed by atoms with Crippen LogP contribution in [0.5, 0.6) is 0 Å². The Kier molecular flexibility index (Phi) is 7.11. The third kappa shape index (κ3) is 4.89. The first kappa shape index (κ1) is 16.2. The smallest absolute Gasteiger partial charge is 0.252 e. The van der Waals surface area contributed by atoms with Crippen molar-refractivity contribution in [3.05, 3.63) is 30.1 Å². The molecule has 0 aliphatic heterocycles. The minimum Gasteiger partial charge on any atom is -0.350 e. The predicted molar refractivity (Wildman–Crippen MR) is 71.8 cm³/mol. The van der Waals surface area contributed by atoms with Crippen LogP contribution in [0.15, 0.2) is 24.5 Å². The SMILES string of the molecule is Cl.Cl.NC(CNC(=O)c1cccnc1)C1CC1.